The molecule has 0 saturated carbocycles. The largest absolute Gasteiger partial charge is 1.00 e. The Morgan fingerprint density at radius 3 is 1.50 bits per heavy atom. The van der Waals surface area contributed by atoms with E-state index >= 15 is 0 Å². The molecule has 0 aromatic rings. The number of rotatable bonds is 0. The first-order valence-corrected chi connectivity index (χ1v) is 2.52. The molecule has 1 aliphatic heterocycles. The molecular formula is C4H17Cl2N3O. The summed E-state index contributed by atoms with van der Waals surface area (Å²) in [5.41, 5.74) is 0. The molecule has 0 aliphatic carbocycles. The fourth-order valence-electron chi connectivity index (χ4n) is 0.678. The topological polar surface area (TPSA) is 96.6 Å². The normalized spacial score (nSPS) is 14.4. The van der Waals surface area contributed by atoms with Crippen molar-refractivity contribution in [2.45, 2.75) is 0 Å². The second kappa shape index (κ2) is 16.2. The third kappa shape index (κ3) is 11.2. The summed E-state index contributed by atoms with van der Waals surface area (Å²) in [7, 11) is 0. The lowest BCUT2D eigenvalue weighted by Gasteiger charge is -2.07. The van der Waals surface area contributed by atoms with Crippen LogP contribution >= 0.6 is 0 Å². The monoisotopic (exact) mass is 193 g/mol. The predicted octanol–water partition coefficient (Wildman–Crippen LogP) is -8.29. The summed E-state index contributed by atoms with van der Waals surface area (Å²) in [5.74, 6) is 0. The van der Waals surface area contributed by atoms with Gasteiger partial charge in [0, 0.05) is 13.1 Å². The Labute approximate surface area is 73.9 Å². The highest BCUT2D eigenvalue weighted by Gasteiger charge is 1.95. The molecule has 1 rings (SSSR count). The first-order chi connectivity index (χ1) is 3.00. The third-order valence-corrected chi connectivity index (χ3v) is 1.05. The highest BCUT2D eigenvalue weighted by molar-refractivity contribution is 4.44. The van der Waals surface area contributed by atoms with Crippen LogP contribution in [0.5, 0.6) is 0 Å². The zero-order chi connectivity index (χ0) is 4.24. The average molecular weight is 194 g/mol. The molecule has 0 radical (unpaired) electrons. The van der Waals surface area contributed by atoms with Gasteiger partial charge in [-0.3, -0.25) is 0 Å². The zero-order valence-electron chi connectivity index (χ0n) is 6.16. The van der Waals surface area contributed by atoms with Crippen LogP contribution in [-0.2, 0) is 0 Å². The lowest BCUT2D eigenvalue weighted by molar-refractivity contribution is -0.657. The molecule has 1 fully saturated rings. The SMILES string of the molecule is C1C[NH2+]CCN1.O.[Cl-].[Cl-].[NH4+]. The minimum absolute atomic E-state index is 0. The summed E-state index contributed by atoms with van der Waals surface area (Å²) < 4.78 is 0. The standard InChI is InChI=1S/C4H10N2.2ClH.H3N.H2O/c1-2-6-4-3-5-1;;;;/h5-6H,1-4H2;2*1H;1H3;1H2. The van der Waals surface area contributed by atoms with Crippen LogP contribution in [0, 0.1) is 0 Å². The van der Waals surface area contributed by atoms with E-state index in [1.807, 2.05) is 0 Å². The summed E-state index contributed by atoms with van der Waals surface area (Å²) in [6.45, 7) is 4.92. The Kier molecular flexibility index (Phi) is 36.4. The van der Waals surface area contributed by atoms with Gasteiger partial charge in [-0.2, -0.15) is 0 Å². The molecule has 0 amide bonds. The quantitative estimate of drug-likeness (QED) is 0.350. The van der Waals surface area contributed by atoms with Crippen LogP contribution in [0.15, 0.2) is 0 Å². The van der Waals surface area contributed by atoms with Crippen molar-refractivity contribution in [1.82, 2.24) is 11.5 Å². The molecule has 10 heavy (non-hydrogen) atoms. The van der Waals surface area contributed by atoms with Crippen LogP contribution in [0.4, 0.5) is 0 Å². The van der Waals surface area contributed by atoms with Crippen LogP contribution in [0.3, 0.4) is 0 Å². The molecule has 0 aromatic carbocycles. The van der Waals surface area contributed by atoms with Crippen LogP contribution in [0.25, 0.3) is 0 Å². The second-order valence-corrected chi connectivity index (χ2v) is 1.62. The summed E-state index contributed by atoms with van der Waals surface area (Å²) in [5, 5.41) is 5.58. The fraction of sp³-hybridized carbons (Fsp3) is 1.00. The smallest absolute Gasteiger partial charge is 0.0882 e. The van der Waals surface area contributed by atoms with Gasteiger partial charge < -0.3 is 47.1 Å². The van der Waals surface area contributed by atoms with Gasteiger partial charge in [-0.05, 0) is 0 Å². The van der Waals surface area contributed by atoms with E-state index in [9.17, 15) is 0 Å². The molecule has 9 N–H and O–H groups in total. The molecule has 1 heterocycles. The summed E-state index contributed by atoms with van der Waals surface area (Å²) >= 11 is 0. The highest BCUT2D eigenvalue weighted by Crippen LogP contribution is 1.54. The van der Waals surface area contributed by atoms with E-state index in [0.717, 1.165) is 0 Å². The van der Waals surface area contributed by atoms with E-state index < -0.39 is 0 Å². The maximum absolute atomic E-state index is 3.25. The zero-order valence-corrected chi connectivity index (χ0v) is 7.67. The van der Waals surface area contributed by atoms with Gasteiger partial charge in [-0.25, -0.2) is 0 Å². The van der Waals surface area contributed by atoms with E-state index in [2.05, 4.69) is 10.6 Å². The minimum atomic E-state index is 0. The van der Waals surface area contributed by atoms with Gasteiger partial charge in [-0.1, -0.05) is 0 Å². The van der Waals surface area contributed by atoms with Gasteiger partial charge in [0.2, 0.25) is 0 Å². The number of piperazine rings is 1. The van der Waals surface area contributed by atoms with Gasteiger partial charge in [0.15, 0.2) is 0 Å². The van der Waals surface area contributed by atoms with Crippen molar-refractivity contribution in [3.05, 3.63) is 0 Å². The number of halogens is 2. The molecule has 1 aliphatic rings. The summed E-state index contributed by atoms with van der Waals surface area (Å²) in [6, 6.07) is 0. The maximum atomic E-state index is 3.25. The number of hydrogen-bond acceptors (Lipinski definition) is 1. The molecule has 0 unspecified atom stereocenters. The Balaban J connectivity index is -0.0000000450. The van der Waals surface area contributed by atoms with E-state index in [0.29, 0.717) is 0 Å². The second-order valence-electron chi connectivity index (χ2n) is 1.62. The van der Waals surface area contributed by atoms with E-state index in [1.54, 1.807) is 0 Å². The van der Waals surface area contributed by atoms with Crippen molar-refractivity contribution in [2.75, 3.05) is 26.2 Å². The molecular weight excluding hydrogens is 177 g/mol. The lowest BCUT2D eigenvalue weighted by Crippen LogP contribution is -3.00. The molecule has 6 heteroatoms. The van der Waals surface area contributed by atoms with E-state index in [1.165, 1.54) is 26.2 Å². The predicted molar refractivity (Wildman–Crippen MR) is 34.1 cm³/mol. The molecule has 0 spiro atoms. The number of nitrogens with two attached hydrogens (primary N) is 1. The molecule has 0 aromatic heterocycles. The van der Waals surface area contributed by atoms with Gasteiger partial charge in [0.05, 0.1) is 13.1 Å². The Morgan fingerprint density at radius 1 is 1.00 bits per heavy atom. The van der Waals surface area contributed by atoms with Crippen LogP contribution < -0.4 is 41.6 Å². The Bertz CT molecular complexity index is 34.0. The summed E-state index contributed by atoms with van der Waals surface area (Å²) in [6.07, 6.45) is 0. The van der Waals surface area contributed by atoms with Crippen LogP contribution in [0.2, 0.25) is 0 Å². The molecule has 1 saturated heterocycles. The summed E-state index contributed by atoms with van der Waals surface area (Å²) in [4.78, 5) is 0. The number of hydrogen-bond donors (Lipinski definition) is 3. The van der Waals surface area contributed by atoms with Crippen molar-refractivity contribution < 1.29 is 35.6 Å². The van der Waals surface area contributed by atoms with Gasteiger partial charge in [-0.15, -0.1) is 0 Å². The first kappa shape index (κ1) is 22.4. The molecule has 0 bridgehead atoms. The fourth-order valence-corrected chi connectivity index (χ4v) is 0.678. The first-order valence-electron chi connectivity index (χ1n) is 2.52. The van der Waals surface area contributed by atoms with Gasteiger partial charge in [0.25, 0.3) is 0 Å². The van der Waals surface area contributed by atoms with Crippen molar-refractivity contribution >= 4 is 0 Å². The van der Waals surface area contributed by atoms with Crippen molar-refractivity contribution in [3.8, 4) is 0 Å². The average Bonchev–Trinajstić information content (AvgIpc) is 1.72. The maximum Gasteiger partial charge on any atom is 0.0882 e. The molecule has 0 atom stereocenters. The Hall–Kier alpha value is 0.420. The van der Waals surface area contributed by atoms with Crippen molar-refractivity contribution in [2.24, 2.45) is 0 Å². The van der Waals surface area contributed by atoms with E-state index in [-0.39, 0.29) is 36.4 Å². The number of quaternary nitrogens is 2. The number of nitrogens with one attached hydrogen (secondary N) is 1. The minimum Gasteiger partial charge on any atom is -1.00 e. The van der Waals surface area contributed by atoms with E-state index in [4.69, 9.17) is 0 Å². The molecule has 68 valence electrons. The van der Waals surface area contributed by atoms with Gasteiger partial charge >= 0.3 is 0 Å². The highest BCUT2D eigenvalue weighted by atomic mass is 35.5. The van der Waals surface area contributed by atoms with Crippen molar-refractivity contribution in [3.63, 3.8) is 0 Å². The Morgan fingerprint density at radius 2 is 1.40 bits per heavy atom. The lowest BCUT2D eigenvalue weighted by atomic mass is 10.4. The van der Waals surface area contributed by atoms with Crippen LogP contribution in [-0.4, -0.2) is 31.7 Å². The van der Waals surface area contributed by atoms with Gasteiger partial charge in [0.1, 0.15) is 0 Å². The third-order valence-electron chi connectivity index (χ3n) is 1.05. The van der Waals surface area contributed by atoms with Crippen molar-refractivity contribution in [1.29, 1.82) is 0 Å². The molecule has 4 nitrogen and oxygen atoms in total. The van der Waals surface area contributed by atoms with Crippen LogP contribution in [0.1, 0.15) is 0 Å².